The van der Waals surface area contributed by atoms with Gasteiger partial charge in [-0.15, -0.1) is 0 Å². The minimum absolute atomic E-state index is 0.00245. The lowest BCUT2D eigenvalue weighted by Crippen LogP contribution is -2.34. The zero-order valence-electron chi connectivity index (χ0n) is 7.60. The number of aliphatic hydroxyl groups is 1. The number of carbonyl (C=O) groups excluding carboxylic acids is 2. The molecule has 0 bridgehead atoms. The molecule has 80 valence electrons. The molecular formula is C7H13N3O4. The smallest absolute Gasteiger partial charge is 0.242 e. The Balaban J connectivity index is 3.26. The summed E-state index contributed by atoms with van der Waals surface area (Å²) in [7, 11) is 0. The highest BCUT2D eigenvalue weighted by Gasteiger charge is 1.96. The Labute approximate surface area is 81.1 Å². The second-order valence-corrected chi connectivity index (χ2v) is 2.17. The van der Waals surface area contributed by atoms with Gasteiger partial charge in [0.05, 0.1) is 6.54 Å². The molecule has 0 aliphatic carbocycles. The average Bonchev–Trinajstić information content (AvgIpc) is 2.20. The van der Waals surface area contributed by atoms with Gasteiger partial charge in [-0.05, 0) is 0 Å². The Morgan fingerprint density at radius 1 is 1.57 bits per heavy atom. The SMILES string of the molecule is O=CNCC(=O)NCO/N=C/CCO. The fraction of sp³-hybridized carbons (Fsp3) is 0.571. The Morgan fingerprint density at radius 3 is 3.00 bits per heavy atom. The van der Waals surface area contributed by atoms with Gasteiger partial charge in [0.15, 0.2) is 6.73 Å². The number of aliphatic hydroxyl groups excluding tert-OH is 1. The first-order valence-electron chi connectivity index (χ1n) is 3.99. The maximum atomic E-state index is 10.8. The summed E-state index contributed by atoms with van der Waals surface area (Å²) < 4.78 is 0. The quantitative estimate of drug-likeness (QED) is 0.142. The first-order chi connectivity index (χ1) is 6.81. The van der Waals surface area contributed by atoms with Crippen molar-refractivity contribution in [2.24, 2.45) is 5.16 Å². The van der Waals surface area contributed by atoms with Gasteiger partial charge in [0.1, 0.15) is 0 Å². The summed E-state index contributed by atoms with van der Waals surface area (Å²) in [5.74, 6) is -0.366. The number of nitrogens with one attached hydrogen (secondary N) is 2. The normalized spacial score (nSPS) is 9.79. The zero-order chi connectivity index (χ0) is 10.6. The number of hydrogen-bond donors (Lipinski definition) is 3. The van der Waals surface area contributed by atoms with Gasteiger partial charge < -0.3 is 20.6 Å². The third-order valence-corrected chi connectivity index (χ3v) is 1.09. The van der Waals surface area contributed by atoms with Crippen molar-refractivity contribution in [3.8, 4) is 0 Å². The van der Waals surface area contributed by atoms with E-state index in [2.05, 4.69) is 20.6 Å². The van der Waals surface area contributed by atoms with Crippen LogP contribution in [-0.4, -0.2) is 43.5 Å². The second-order valence-electron chi connectivity index (χ2n) is 2.17. The predicted molar refractivity (Wildman–Crippen MR) is 48.4 cm³/mol. The van der Waals surface area contributed by atoms with Crippen molar-refractivity contribution in [2.75, 3.05) is 19.9 Å². The van der Waals surface area contributed by atoms with Crippen LogP contribution in [0.25, 0.3) is 0 Å². The molecule has 0 aliphatic rings. The molecule has 2 amide bonds. The molecule has 0 saturated heterocycles. The molecule has 0 saturated carbocycles. The molecule has 0 unspecified atom stereocenters. The predicted octanol–water partition coefficient (Wildman–Crippen LogP) is -1.81. The molecule has 0 rings (SSSR count). The van der Waals surface area contributed by atoms with Crippen molar-refractivity contribution in [1.82, 2.24) is 10.6 Å². The van der Waals surface area contributed by atoms with Gasteiger partial charge in [-0.1, -0.05) is 5.16 Å². The van der Waals surface area contributed by atoms with Gasteiger partial charge >= 0.3 is 0 Å². The maximum absolute atomic E-state index is 10.8. The first-order valence-corrected chi connectivity index (χ1v) is 3.99. The lowest BCUT2D eigenvalue weighted by molar-refractivity contribution is -0.123. The Hall–Kier alpha value is -1.63. The van der Waals surface area contributed by atoms with E-state index < -0.39 is 0 Å². The molecule has 0 aliphatic heterocycles. The van der Waals surface area contributed by atoms with E-state index in [1.165, 1.54) is 6.21 Å². The highest BCUT2D eigenvalue weighted by atomic mass is 16.6. The topological polar surface area (TPSA) is 100 Å². The highest BCUT2D eigenvalue weighted by Crippen LogP contribution is 1.74. The van der Waals surface area contributed by atoms with Crippen LogP contribution >= 0.6 is 0 Å². The molecule has 0 fully saturated rings. The van der Waals surface area contributed by atoms with E-state index in [0.717, 1.165) is 0 Å². The minimum atomic E-state index is -0.366. The molecule has 7 nitrogen and oxygen atoms in total. The van der Waals surface area contributed by atoms with Crippen LogP contribution in [0.4, 0.5) is 0 Å². The first kappa shape index (κ1) is 12.4. The van der Waals surface area contributed by atoms with Crippen LogP contribution in [0.15, 0.2) is 5.16 Å². The van der Waals surface area contributed by atoms with Gasteiger partial charge in [-0.2, -0.15) is 0 Å². The fourth-order valence-corrected chi connectivity index (χ4v) is 0.510. The molecule has 7 heteroatoms. The van der Waals surface area contributed by atoms with Crippen molar-refractivity contribution in [2.45, 2.75) is 6.42 Å². The summed E-state index contributed by atoms with van der Waals surface area (Å²) in [6.07, 6.45) is 2.22. The molecule has 0 aromatic heterocycles. The Kier molecular flexibility index (Phi) is 8.36. The third-order valence-electron chi connectivity index (χ3n) is 1.09. The summed E-state index contributed by atoms with van der Waals surface area (Å²) in [5, 5.41) is 16.3. The lowest BCUT2D eigenvalue weighted by atomic mass is 10.5. The van der Waals surface area contributed by atoms with Gasteiger partial charge in [0.25, 0.3) is 0 Å². The van der Waals surface area contributed by atoms with Crippen LogP contribution < -0.4 is 10.6 Å². The molecular weight excluding hydrogens is 190 g/mol. The van der Waals surface area contributed by atoms with E-state index >= 15 is 0 Å². The van der Waals surface area contributed by atoms with Crippen LogP contribution in [0.5, 0.6) is 0 Å². The average molecular weight is 203 g/mol. The van der Waals surface area contributed by atoms with Gasteiger partial charge in [0, 0.05) is 19.2 Å². The van der Waals surface area contributed by atoms with E-state index in [4.69, 9.17) is 5.11 Å². The van der Waals surface area contributed by atoms with Gasteiger partial charge in [-0.25, -0.2) is 0 Å². The third kappa shape index (κ3) is 8.47. The summed E-state index contributed by atoms with van der Waals surface area (Å²) in [5.41, 5.74) is 0. The van der Waals surface area contributed by atoms with Gasteiger partial charge in [0.2, 0.25) is 12.3 Å². The standard InChI is InChI=1S/C7H13N3O4/c11-3-1-2-10-14-6-9-7(13)4-8-5-12/h2,5,11H,1,3-4,6H2,(H,8,12)(H,9,13)/b10-2+. The highest BCUT2D eigenvalue weighted by molar-refractivity contribution is 5.79. The minimum Gasteiger partial charge on any atom is -0.396 e. The lowest BCUT2D eigenvalue weighted by Gasteiger charge is -2.01. The van der Waals surface area contributed by atoms with Crippen LogP contribution in [0.2, 0.25) is 0 Å². The molecule has 0 aromatic carbocycles. The number of amides is 2. The number of hydrogen-bond acceptors (Lipinski definition) is 5. The molecule has 0 radical (unpaired) electrons. The largest absolute Gasteiger partial charge is 0.396 e. The van der Waals surface area contributed by atoms with Crippen LogP contribution in [0, 0.1) is 0 Å². The van der Waals surface area contributed by atoms with Crippen molar-refractivity contribution in [3.63, 3.8) is 0 Å². The van der Waals surface area contributed by atoms with E-state index in [0.29, 0.717) is 12.8 Å². The van der Waals surface area contributed by atoms with Crippen LogP contribution in [0.1, 0.15) is 6.42 Å². The van der Waals surface area contributed by atoms with Crippen LogP contribution in [-0.2, 0) is 14.4 Å². The van der Waals surface area contributed by atoms with Crippen molar-refractivity contribution in [1.29, 1.82) is 0 Å². The summed E-state index contributed by atoms with van der Waals surface area (Å²) >= 11 is 0. The summed E-state index contributed by atoms with van der Waals surface area (Å²) in [6, 6.07) is 0. The number of nitrogens with zero attached hydrogens (tertiary/aromatic N) is 1. The van der Waals surface area contributed by atoms with Crippen molar-refractivity contribution in [3.05, 3.63) is 0 Å². The second kappa shape index (κ2) is 9.46. The Morgan fingerprint density at radius 2 is 2.36 bits per heavy atom. The molecule has 0 aromatic rings. The van der Waals surface area contributed by atoms with E-state index in [1.54, 1.807) is 0 Å². The van der Waals surface area contributed by atoms with E-state index in [-0.39, 0.29) is 25.8 Å². The zero-order valence-corrected chi connectivity index (χ0v) is 7.60. The van der Waals surface area contributed by atoms with Crippen molar-refractivity contribution >= 4 is 18.5 Å². The molecule has 3 N–H and O–H groups in total. The molecule has 14 heavy (non-hydrogen) atoms. The fourth-order valence-electron chi connectivity index (χ4n) is 0.510. The number of oxime groups is 1. The molecule has 0 atom stereocenters. The van der Waals surface area contributed by atoms with E-state index in [9.17, 15) is 9.59 Å². The Bertz CT molecular complexity index is 195. The summed E-state index contributed by atoms with van der Waals surface area (Å²) in [4.78, 5) is 25.2. The number of carbonyl (C=O) groups is 2. The molecule has 0 spiro atoms. The van der Waals surface area contributed by atoms with E-state index in [1.807, 2.05) is 0 Å². The summed E-state index contributed by atoms with van der Waals surface area (Å²) in [6.45, 7) is -0.156. The van der Waals surface area contributed by atoms with Crippen LogP contribution in [0.3, 0.4) is 0 Å². The monoisotopic (exact) mass is 203 g/mol. The maximum Gasteiger partial charge on any atom is 0.242 e. The molecule has 0 heterocycles. The number of rotatable bonds is 8. The van der Waals surface area contributed by atoms with Crippen molar-refractivity contribution < 1.29 is 19.5 Å². The van der Waals surface area contributed by atoms with Gasteiger partial charge in [-0.3, -0.25) is 9.59 Å².